The highest BCUT2D eigenvalue weighted by molar-refractivity contribution is 5.71. The smallest absolute Gasteiger partial charge is 0.309 e. The predicted molar refractivity (Wildman–Crippen MR) is 56.7 cm³/mol. The van der Waals surface area contributed by atoms with Crippen molar-refractivity contribution in [2.75, 3.05) is 6.61 Å². The number of hydrogen-bond donors (Lipinski definition) is 1. The van der Waals surface area contributed by atoms with Crippen LogP contribution in [0.15, 0.2) is 0 Å². The van der Waals surface area contributed by atoms with E-state index in [0.29, 0.717) is 18.9 Å². The highest BCUT2D eigenvalue weighted by Gasteiger charge is 2.38. The Labute approximate surface area is 90.8 Å². The Bertz CT molecular complexity index is 219. The van der Waals surface area contributed by atoms with Crippen molar-refractivity contribution in [1.29, 1.82) is 0 Å². The van der Waals surface area contributed by atoms with Crippen molar-refractivity contribution < 1.29 is 14.6 Å². The van der Waals surface area contributed by atoms with Gasteiger partial charge in [0.1, 0.15) is 0 Å². The molecule has 2 atom stereocenters. The van der Waals surface area contributed by atoms with Crippen LogP contribution in [0.25, 0.3) is 0 Å². The van der Waals surface area contributed by atoms with Crippen LogP contribution < -0.4 is 0 Å². The Kier molecular flexibility index (Phi) is 3.62. The van der Waals surface area contributed by atoms with Gasteiger partial charge in [0.2, 0.25) is 0 Å². The van der Waals surface area contributed by atoms with Crippen molar-refractivity contribution in [3.05, 3.63) is 0 Å². The molecule has 1 heterocycles. The van der Waals surface area contributed by atoms with Crippen LogP contribution in [0.2, 0.25) is 0 Å². The van der Waals surface area contributed by atoms with Crippen molar-refractivity contribution in [1.82, 2.24) is 0 Å². The lowest BCUT2D eigenvalue weighted by Gasteiger charge is -2.24. The normalized spacial score (nSPS) is 33.9. The first-order chi connectivity index (χ1) is 7.29. The molecule has 86 valence electrons. The molecule has 0 aromatic heterocycles. The highest BCUT2D eigenvalue weighted by atomic mass is 16.5. The Balaban J connectivity index is 1.97. The lowest BCUT2D eigenvalue weighted by molar-refractivity contribution is -0.144. The van der Waals surface area contributed by atoms with Gasteiger partial charge in [-0.1, -0.05) is 25.7 Å². The van der Waals surface area contributed by atoms with Crippen LogP contribution in [0.4, 0.5) is 0 Å². The van der Waals surface area contributed by atoms with Gasteiger partial charge in [-0.25, -0.2) is 0 Å². The minimum absolute atomic E-state index is 0.000556. The van der Waals surface area contributed by atoms with Crippen molar-refractivity contribution in [3.8, 4) is 0 Å². The van der Waals surface area contributed by atoms with Crippen LogP contribution in [0.1, 0.15) is 44.9 Å². The standard InChI is InChI=1S/C12H20O3/c13-12(14)10-7-8-15-11(10)9-5-3-1-2-4-6-9/h9-11H,1-8H2,(H,13,14). The first kappa shape index (κ1) is 10.9. The third-order valence-electron chi connectivity index (χ3n) is 3.82. The quantitative estimate of drug-likeness (QED) is 0.715. The molecule has 0 aromatic carbocycles. The van der Waals surface area contributed by atoms with Crippen LogP contribution >= 0.6 is 0 Å². The monoisotopic (exact) mass is 212 g/mol. The number of hydrogen-bond acceptors (Lipinski definition) is 2. The van der Waals surface area contributed by atoms with E-state index in [-0.39, 0.29) is 12.0 Å². The van der Waals surface area contributed by atoms with E-state index in [1.54, 1.807) is 0 Å². The SMILES string of the molecule is O=C(O)C1CCOC1C1CCCCCC1. The minimum Gasteiger partial charge on any atom is -0.481 e. The molecule has 0 spiro atoms. The van der Waals surface area contributed by atoms with Crippen molar-refractivity contribution in [3.63, 3.8) is 0 Å². The van der Waals surface area contributed by atoms with Crippen LogP contribution in [-0.2, 0) is 9.53 Å². The zero-order valence-corrected chi connectivity index (χ0v) is 9.15. The molecule has 2 unspecified atom stereocenters. The molecule has 3 heteroatoms. The highest BCUT2D eigenvalue weighted by Crippen LogP contribution is 2.35. The van der Waals surface area contributed by atoms with Gasteiger partial charge in [-0.05, 0) is 25.2 Å². The minimum atomic E-state index is -0.665. The summed E-state index contributed by atoms with van der Waals surface area (Å²) in [5, 5.41) is 9.10. The van der Waals surface area contributed by atoms with Gasteiger partial charge in [-0.3, -0.25) is 4.79 Å². The molecule has 1 saturated carbocycles. The average molecular weight is 212 g/mol. The zero-order chi connectivity index (χ0) is 10.7. The predicted octanol–water partition coefficient (Wildman–Crippen LogP) is 2.45. The summed E-state index contributed by atoms with van der Waals surface area (Å²) in [5.74, 6) is -0.411. The Morgan fingerprint density at radius 2 is 1.73 bits per heavy atom. The largest absolute Gasteiger partial charge is 0.481 e. The molecule has 2 aliphatic rings. The van der Waals surface area contributed by atoms with Crippen LogP contribution in [0, 0.1) is 11.8 Å². The second-order valence-electron chi connectivity index (χ2n) is 4.82. The van der Waals surface area contributed by atoms with Gasteiger partial charge in [0.25, 0.3) is 0 Å². The van der Waals surface area contributed by atoms with Gasteiger partial charge in [0.05, 0.1) is 12.0 Å². The summed E-state index contributed by atoms with van der Waals surface area (Å²) in [6.07, 6.45) is 8.13. The van der Waals surface area contributed by atoms with Gasteiger partial charge < -0.3 is 9.84 Å². The number of rotatable bonds is 2. The first-order valence-corrected chi connectivity index (χ1v) is 6.13. The summed E-state index contributed by atoms with van der Waals surface area (Å²) >= 11 is 0. The van der Waals surface area contributed by atoms with Crippen LogP contribution in [0.5, 0.6) is 0 Å². The number of ether oxygens (including phenoxy) is 1. The molecular formula is C12H20O3. The van der Waals surface area contributed by atoms with Crippen molar-refractivity contribution >= 4 is 5.97 Å². The number of carboxylic acids is 1. The van der Waals surface area contributed by atoms with Crippen molar-refractivity contribution in [2.45, 2.75) is 51.0 Å². The maximum absolute atomic E-state index is 11.1. The van der Waals surface area contributed by atoms with E-state index in [0.717, 1.165) is 12.8 Å². The molecule has 2 fully saturated rings. The molecule has 0 amide bonds. The molecule has 1 aliphatic heterocycles. The molecule has 1 N–H and O–H groups in total. The van der Waals surface area contributed by atoms with Gasteiger partial charge in [-0.15, -0.1) is 0 Å². The average Bonchev–Trinajstić information content (AvgIpc) is 2.55. The van der Waals surface area contributed by atoms with Gasteiger partial charge in [0.15, 0.2) is 0 Å². The van der Waals surface area contributed by atoms with E-state index in [1.165, 1.54) is 25.7 Å². The zero-order valence-electron chi connectivity index (χ0n) is 9.15. The van der Waals surface area contributed by atoms with E-state index in [1.807, 2.05) is 0 Å². The molecule has 15 heavy (non-hydrogen) atoms. The molecule has 2 rings (SSSR count). The van der Waals surface area contributed by atoms with Gasteiger partial charge in [0, 0.05) is 6.61 Å². The topological polar surface area (TPSA) is 46.5 Å². The number of carbonyl (C=O) groups is 1. The third kappa shape index (κ3) is 2.51. The molecular weight excluding hydrogens is 192 g/mol. The Hall–Kier alpha value is -0.570. The van der Waals surface area contributed by atoms with Gasteiger partial charge >= 0.3 is 5.97 Å². The lowest BCUT2D eigenvalue weighted by atomic mass is 9.86. The van der Waals surface area contributed by atoms with E-state index in [2.05, 4.69) is 0 Å². The summed E-state index contributed by atoms with van der Waals surface area (Å²) < 4.78 is 5.64. The second-order valence-corrected chi connectivity index (χ2v) is 4.82. The van der Waals surface area contributed by atoms with Crippen molar-refractivity contribution in [2.24, 2.45) is 11.8 Å². The van der Waals surface area contributed by atoms with E-state index >= 15 is 0 Å². The molecule has 0 aromatic rings. The van der Waals surface area contributed by atoms with E-state index in [4.69, 9.17) is 9.84 Å². The maximum atomic E-state index is 11.1. The molecule has 1 aliphatic carbocycles. The van der Waals surface area contributed by atoms with E-state index < -0.39 is 5.97 Å². The summed E-state index contributed by atoms with van der Waals surface area (Å²) in [6.45, 7) is 0.637. The fourth-order valence-corrected chi connectivity index (χ4v) is 2.98. The third-order valence-corrected chi connectivity index (χ3v) is 3.82. The Morgan fingerprint density at radius 1 is 1.07 bits per heavy atom. The number of aliphatic carboxylic acids is 1. The Morgan fingerprint density at radius 3 is 2.33 bits per heavy atom. The summed E-state index contributed by atoms with van der Waals surface area (Å²) in [6, 6.07) is 0. The molecule has 3 nitrogen and oxygen atoms in total. The fourth-order valence-electron chi connectivity index (χ4n) is 2.98. The van der Waals surface area contributed by atoms with Crippen LogP contribution in [0.3, 0.4) is 0 Å². The second kappa shape index (κ2) is 4.97. The lowest BCUT2D eigenvalue weighted by Crippen LogP contribution is -2.31. The molecule has 0 radical (unpaired) electrons. The van der Waals surface area contributed by atoms with Gasteiger partial charge in [-0.2, -0.15) is 0 Å². The first-order valence-electron chi connectivity index (χ1n) is 6.13. The molecule has 1 saturated heterocycles. The molecule has 0 bridgehead atoms. The maximum Gasteiger partial charge on any atom is 0.309 e. The summed E-state index contributed by atoms with van der Waals surface area (Å²) in [7, 11) is 0. The number of carboxylic acid groups (broad SMARTS) is 1. The van der Waals surface area contributed by atoms with Crippen LogP contribution in [-0.4, -0.2) is 23.8 Å². The summed E-state index contributed by atoms with van der Waals surface area (Å²) in [4.78, 5) is 11.1. The van der Waals surface area contributed by atoms with E-state index in [9.17, 15) is 4.79 Å². The summed E-state index contributed by atoms with van der Waals surface area (Å²) in [5.41, 5.74) is 0. The fraction of sp³-hybridized carbons (Fsp3) is 0.917.